The number of benzene rings is 3. The Morgan fingerprint density at radius 1 is 1.04 bits per heavy atom. The summed E-state index contributed by atoms with van der Waals surface area (Å²) in [7, 11) is 1.48. The number of rotatable bonds is 5. The van der Waals surface area contributed by atoms with E-state index in [1.807, 2.05) is 37.3 Å². The second-order valence-electron chi connectivity index (χ2n) is 5.99. The summed E-state index contributed by atoms with van der Waals surface area (Å²) in [6.45, 7) is 1.41. The minimum absolute atomic E-state index is 0.390. The molecular weight excluding hydrogens is 366 g/mol. The van der Waals surface area contributed by atoms with E-state index in [-0.39, 0.29) is 0 Å². The largest absolute Gasteiger partial charge is 0.495 e. The highest BCUT2D eigenvalue weighted by Gasteiger charge is 2.14. The van der Waals surface area contributed by atoms with Crippen LogP contribution < -0.4 is 10.1 Å². The number of nitrogens with one attached hydrogen (secondary N) is 1. The maximum Gasteiger partial charge on any atom is 0.338 e. The van der Waals surface area contributed by atoms with Crippen LogP contribution in [-0.4, -0.2) is 25.6 Å². The number of aryl methyl sites for hydroxylation is 1. The van der Waals surface area contributed by atoms with Gasteiger partial charge < -0.3 is 14.8 Å². The minimum Gasteiger partial charge on any atom is -0.495 e. The van der Waals surface area contributed by atoms with Crippen molar-refractivity contribution in [1.82, 2.24) is 0 Å². The highest BCUT2D eigenvalue weighted by Crippen LogP contribution is 2.30. The van der Waals surface area contributed by atoms with Gasteiger partial charge in [-0.1, -0.05) is 41.9 Å². The fourth-order valence-electron chi connectivity index (χ4n) is 2.65. The third kappa shape index (κ3) is 4.38. The molecule has 0 fully saturated rings. The van der Waals surface area contributed by atoms with Gasteiger partial charge >= 0.3 is 5.97 Å². The summed E-state index contributed by atoms with van der Waals surface area (Å²) in [5.41, 5.74) is 1.65. The monoisotopic (exact) mass is 383 g/mol. The number of ether oxygens (including phenoxy) is 2. The first-order valence-corrected chi connectivity index (χ1v) is 8.65. The number of carbonyl (C=O) groups excluding carboxylic acids is 2. The first-order chi connectivity index (χ1) is 13.0. The molecule has 0 radical (unpaired) electrons. The van der Waals surface area contributed by atoms with Crippen molar-refractivity contribution in [2.24, 2.45) is 0 Å². The number of hydrogen-bond donors (Lipinski definition) is 1. The molecule has 0 spiro atoms. The van der Waals surface area contributed by atoms with E-state index in [1.54, 1.807) is 24.3 Å². The molecule has 0 saturated heterocycles. The average Bonchev–Trinajstić information content (AvgIpc) is 2.68. The van der Waals surface area contributed by atoms with E-state index in [9.17, 15) is 9.59 Å². The molecule has 27 heavy (non-hydrogen) atoms. The SMILES string of the molecule is COc1cc(Cl)c(C)cc1NC(=O)COC(=O)c1ccc2ccccc2c1. The van der Waals surface area contributed by atoms with Crippen LogP contribution in [-0.2, 0) is 9.53 Å². The molecule has 0 unspecified atom stereocenters. The number of esters is 1. The van der Waals surface area contributed by atoms with Crippen LogP contribution in [0.4, 0.5) is 5.69 Å². The lowest BCUT2D eigenvalue weighted by Crippen LogP contribution is -2.21. The average molecular weight is 384 g/mol. The van der Waals surface area contributed by atoms with Gasteiger partial charge in [-0.2, -0.15) is 0 Å². The quantitative estimate of drug-likeness (QED) is 0.653. The van der Waals surface area contributed by atoms with E-state index < -0.39 is 18.5 Å². The van der Waals surface area contributed by atoms with Crippen LogP contribution in [0.3, 0.4) is 0 Å². The highest BCUT2D eigenvalue weighted by molar-refractivity contribution is 6.31. The van der Waals surface area contributed by atoms with Crippen LogP contribution in [0.2, 0.25) is 5.02 Å². The number of anilines is 1. The third-order valence-corrected chi connectivity index (χ3v) is 4.48. The Balaban J connectivity index is 1.64. The van der Waals surface area contributed by atoms with Crippen molar-refractivity contribution in [2.75, 3.05) is 19.0 Å². The Morgan fingerprint density at radius 2 is 1.78 bits per heavy atom. The molecule has 0 aromatic heterocycles. The van der Waals surface area contributed by atoms with Crippen LogP contribution in [0, 0.1) is 6.92 Å². The first-order valence-electron chi connectivity index (χ1n) is 8.28. The molecule has 0 aliphatic carbocycles. The number of hydrogen-bond acceptors (Lipinski definition) is 4. The van der Waals surface area contributed by atoms with Gasteiger partial charge in [-0.05, 0) is 41.5 Å². The van der Waals surface area contributed by atoms with E-state index in [1.165, 1.54) is 7.11 Å². The minimum atomic E-state index is -0.560. The smallest absolute Gasteiger partial charge is 0.338 e. The molecule has 3 aromatic carbocycles. The van der Waals surface area contributed by atoms with E-state index >= 15 is 0 Å². The second kappa shape index (κ2) is 8.10. The molecule has 0 bridgehead atoms. The highest BCUT2D eigenvalue weighted by atomic mass is 35.5. The third-order valence-electron chi connectivity index (χ3n) is 4.07. The molecular formula is C21H18ClNO4. The molecule has 0 saturated carbocycles. The van der Waals surface area contributed by atoms with Crippen molar-refractivity contribution in [3.63, 3.8) is 0 Å². The molecule has 0 aliphatic heterocycles. The summed E-state index contributed by atoms with van der Waals surface area (Å²) in [4.78, 5) is 24.4. The van der Waals surface area contributed by atoms with Gasteiger partial charge in [0.15, 0.2) is 6.61 Å². The summed E-state index contributed by atoms with van der Waals surface area (Å²) < 4.78 is 10.3. The van der Waals surface area contributed by atoms with Crippen LogP contribution in [0.15, 0.2) is 54.6 Å². The first kappa shape index (κ1) is 18.7. The zero-order valence-electron chi connectivity index (χ0n) is 14.9. The standard InChI is InChI=1S/C21H18ClNO4/c1-13-9-18(19(26-2)11-17(13)22)23-20(24)12-27-21(25)16-8-7-14-5-3-4-6-15(14)10-16/h3-11H,12H2,1-2H3,(H,23,24). The lowest BCUT2D eigenvalue weighted by molar-refractivity contribution is -0.119. The maximum absolute atomic E-state index is 12.2. The molecule has 0 atom stereocenters. The van der Waals surface area contributed by atoms with E-state index in [2.05, 4.69) is 5.32 Å². The van der Waals surface area contributed by atoms with Crippen LogP contribution in [0.5, 0.6) is 5.75 Å². The summed E-state index contributed by atoms with van der Waals surface area (Å²) in [6.07, 6.45) is 0. The maximum atomic E-state index is 12.2. The molecule has 5 nitrogen and oxygen atoms in total. The van der Waals surface area contributed by atoms with Crippen molar-refractivity contribution in [1.29, 1.82) is 0 Å². The lowest BCUT2D eigenvalue weighted by Gasteiger charge is -2.12. The number of methoxy groups -OCH3 is 1. The molecule has 3 aromatic rings. The van der Waals surface area contributed by atoms with Gasteiger partial charge in [0.1, 0.15) is 5.75 Å². The molecule has 1 N–H and O–H groups in total. The van der Waals surface area contributed by atoms with Gasteiger partial charge in [-0.25, -0.2) is 4.79 Å². The Labute approximate surface area is 161 Å². The van der Waals surface area contributed by atoms with Crippen molar-refractivity contribution >= 4 is 39.9 Å². The zero-order chi connectivity index (χ0) is 19.4. The Morgan fingerprint density at radius 3 is 2.52 bits per heavy atom. The fraction of sp³-hybridized carbons (Fsp3) is 0.143. The molecule has 0 aliphatic rings. The summed E-state index contributed by atoms with van der Waals surface area (Å²) in [5.74, 6) is -0.598. The Bertz CT molecular complexity index is 1020. The molecule has 6 heteroatoms. The Hall–Kier alpha value is -3.05. The number of fused-ring (bicyclic) bond motifs is 1. The number of carbonyl (C=O) groups is 2. The van der Waals surface area contributed by atoms with Crippen molar-refractivity contribution in [2.45, 2.75) is 6.92 Å². The Kier molecular flexibility index (Phi) is 5.62. The molecule has 3 rings (SSSR count). The predicted molar refractivity (Wildman–Crippen MR) is 106 cm³/mol. The summed E-state index contributed by atoms with van der Waals surface area (Å²) >= 11 is 6.05. The van der Waals surface area contributed by atoms with E-state index in [4.69, 9.17) is 21.1 Å². The summed E-state index contributed by atoms with van der Waals surface area (Å²) in [5, 5.41) is 5.15. The second-order valence-corrected chi connectivity index (χ2v) is 6.40. The van der Waals surface area contributed by atoms with Gasteiger partial charge in [-0.15, -0.1) is 0 Å². The molecule has 138 valence electrons. The van der Waals surface area contributed by atoms with Crippen molar-refractivity contribution in [3.05, 3.63) is 70.7 Å². The van der Waals surface area contributed by atoms with Gasteiger partial charge in [0, 0.05) is 11.1 Å². The van der Waals surface area contributed by atoms with E-state index in [0.29, 0.717) is 22.0 Å². The fourth-order valence-corrected chi connectivity index (χ4v) is 2.80. The topological polar surface area (TPSA) is 64.6 Å². The van der Waals surface area contributed by atoms with E-state index in [0.717, 1.165) is 16.3 Å². The van der Waals surface area contributed by atoms with Crippen molar-refractivity contribution < 1.29 is 19.1 Å². The number of amides is 1. The van der Waals surface area contributed by atoms with Crippen LogP contribution in [0.1, 0.15) is 15.9 Å². The number of halogens is 1. The van der Waals surface area contributed by atoms with Gasteiger partial charge in [0.25, 0.3) is 5.91 Å². The van der Waals surface area contributed by atoms with Gasteiger partial charge in [0.05, 0.1) is 18.4 Å². The normalized spacial score (nSPS) is 10.5. The van der Waals surface area contributed by atoms with Crippen LogP contribution >= 0.6 is 11.6 Å². The lowest BCUT2D eigenvalue weighted by atomic mass is 10.1. The van der Waals surface area contributed by atoms with Gasteiger partial charge in [0.2, 0.25) is 0 Å². The van der Waals surface area contributed by atoms with Crippen molar-refractivity contribution in [3.8, 4) is 5.75 Å². The molecule has 1 amide bonds. The molecule has 0 heterocycles. The van der Waals surface area contributed by atoms with Gasteiger partial charge in [-0.3, -0.25) is 4.79 Å². The predicted octanol–water partition coefficient (Wildman–Crippen LogP) is 4.61. The zero-order valence-corrected chi connectivity index (χ0v) is 15.7. The summed E-state index contributed by atoms with van der Waals surface area (Å²) in [6, 6.07) is 16.3. The van der Waals surface area contributed by atoms with Crippen LogP contribution in [0.25, 0.3) is 10.8 Å².